The van der Waals surface area contributed by atoms with Crippen LogP contribution in [0, 0.1) is 20.8 Å². The van der Waals surface area contributed by atoms with Crippen molar-refractivity contribution in [3.05, 3.63) is 58.5 Å². The third kappa shape index (κ3) is 2.07. The van der Waals surface area contributed by atoms with Crippen LogP contribution in [0.3, 0.4) is 0 Å². The van der Waals surface area contributed by atoms with Gasteiger partial charge in [0, 0.05) is 0 Å². The summed E-state index contributed by atoms with van der Waals surface area (Å²) in [4.78, 5) is 0.142. The number of hydrogen-bond acceptors (Lipinski definition) is 1. The van der Waals surface area contributed by atoms with Crippen molar-refractivity contribution in [3.63, 3.8) is 0 Å². The lowest BCUT2D eigenvalue weighted by atomic mass is 9.96. The summed E-state index contributed by atoms with van der Waals surface area (Å²) in [7, 11) is 0. The number of aryl methyl sites for hydroxylation is 3. The molecule has 0 aliphatic rings. The Morgan fingerprint density at radius 1 is 1.12 bits per heavy atom. The minimum Gasteiger partial charge on any atom is -0.468 e. The van der Waals surface area contributed by atoms with Crippen LogP contribution in [0.4, 0.5) is 0 Å². The molecule has 0 radical (unpaired) electrons. The Kier molecular flexibility index (Phi) is 3.20. The summed E-state index contributed by atoms with van der Waals surface area (Å²) < 4.78 is 5.44. The van der Waals surface area contributed by atoms with Gasteiger partial charge < -0.3 is 4.42 Å². The second-order valence-corrected chi connectivity index (χ2v) is 5.11. The van der Waals surface area contributed by atoms with Crippen LogP contribution in [-0.2, 0) is 0 Å². The summed E-state index contributed by atoms with van der Waals surface area (Å²) in [5.41, 5.74) is 5.21. The quantitative estimate of drug-likeness (QED) is 0.727. The van der Waals surface area contributed by atoms with Crippen molar-refractivity contribution in [3.8, 4) is 0 Å². The second kappa shape index (κ2) is 4.46. The standard InChI is InChI=1S/C14H15BrO/c1-9-7-10(2)13(11(3)8-9)14(15)12-5-4-6-16-12/h4-8,14H,1-3H3. The predicted molar refractivity (Wildman–Crippen MR) is 70.1 cm³/mol. The molecule has 1 heterocycles. The van der Waals surface area contributed by atoms with E-state index in [1.54, 1.807) is 6.26 Å². The molecule has 0 N–H and O–H groups in total. The highest BCUT2D eigenvalue weighted by molar-refractivity contribution is 9.09. The van der Waals surface area contributed by atoms with Crippen molar-refractivity contribution in [1.29, 1.82) is 0 Å². The van der Waals surface area contributed by atoms with Crippen molar-refractivity contribution in [2.45, 2.75) is 25.6 Å². The van der Waals surface area contributed by atoms with Crippen LogP contribution >= 0.6 is 15.9 Å². The molecule has 0 amide bonds. The molecule has 0 fully saturated rings. The molecule has 0 saturated carbocycles. The van der Waals surface area contributed by atoms with Gasteiger partial charge in [-0.1, -0.05) is 33.6 Å². The van der Waals surface area contributed by atoms with Gasteiger partial charge in [0.15, 0.2) is 0 Å². The monoisotopic (exact) mass is 278 g/mol. The Balaban J connectivity index is 2.48. The first-order valence-electron chi connectivity index (χ1n) is 5.35. The second-order valence-electron chi connectivity index (χ2n) is 4.19. The Labute approximate surface area is 105 Å². The van der Waals surface area contributed by atoms with E-state index in [-0.39, 0.29) is 4.83 Å². The van der Waals surface area contributed by atoms with E-state index >= 15 is 0 Å². The normalized spacial score (nSPS) is 12.8. The molecule has 84 valence electrons. The average molecular weight is 279 g/mol. The number of alkyl halides is 1. The molecule has 1 unspecified atom stereocenters. The molecule has 0 saturated heterocycles. The predicted octanol–water partition coefficient (Wildman–Crippen LogP) is 4.69. The molecule has 16 heavy (non-hydrogen) atoms. The summed E-state index contributed by atoms with van der Waals surface area (Å²) in [5, 5.41) is 0. The molecule has 1 aromatic heterocycles. The third-order valence-corrected chi connectivity index (χ3v) is 3.69. The van der Waals surface area contributed by atoms with E-state index in [0.717, 1.165) is 5.76 Å². The highest BCUT2D eigenvalue weighted by Gasteiger charge is 2.17. The number of rotatable bonds is 2. The van der Waals surface area contributed by atoms with Gasteiger partial charge in [-0.3, -0.25) is 0 Å². The largest absolute Gasteiger partial charge is 0.468 e. The van der Waals surface area contributed by atoms with Gasteiger partial charge in [-0.05, 0) is 49.6 Å². The SMILES string of the molecule is Cc1cc(C)c(C(Br)c2ccco2)c(C)c1. The first kappa shape index (κ1) is 11.5. The molecule has 2 heteroatoms. The number of halogens is 1. The van der Waals surface area contributed by atoms with E-state index in [2.05, 4.69) is 48.8 Å². The van der Waals surface area contributed by atoms with E-state index in [1.165, 1.54) is 22.3 Å². The van der Waals surface area contributed by atoms with E-state index in [1.807, 2.05) is 12.1 Å². The Morgan fingerprint density at radius 3 is 2.25 bits per heavy atom. The first-order chi connectivity index (χ1) is 7.59. The van der Waals surface area contributed by atoms with Gasteiger partial charge in [-0.15, -0.1) is 0 Å². The van der Waals surface area contributed by atoms with Crippen LogP contribution < -0.4 is 0 Å². The molecule has 0 aliphatic carbocycles. The highest BCUT2D eigenvalue weighted by Crippen LogP contribution is 2.35. The van der Waals surface area contributed by atoms with Crippen molar-refractivity contribution >= 4 is 15.9 Å². The van der Waals surface area contributed by atoms with Crippen LogP contribution in [0.15, 0.2) is 34.9 Å². The number of furan rings is 1. The topological polar surface area (TPSA) is 13.1 Å². The molecule has 2 rings (SSSR count). The molecule has 1 atom stereocenters. The minimum atomic E-state index is 0.142. The maximum absolute atomic E-state index is 5.44. The van der Waals surface area contributed by atoms with Crippen molar-refractivity contribution in [1.82, 2.24) is 0 Å². The van der Waals surface area contributed by atoms with Gasteiger partial charge in [0.1, 0.15) is 5.76 Å². The smallest absolute Gasteiger partial charge is 0.121 e. The van der Waals surface area contributed by atoms with Crippen LogP contribution in [0.2, 0.25) is 0 Å². The number of hydrogen-bond donors (Lipinski definition) is 0. The fraction of sp³-hybridized carbons (Fsp3) is 0.286. The molecule has 1 aromatic carbocycles. The van der Waals surface area contributed by atoms with E-state index in [4.69, 9.17) is 4.42 Å². The number of benzene rings is 1. The fourth-order valence-corrected chi connectivity index (χ4v) is 3.15. The third-order valence-electron chi connectivity index (χ3n) is 2.78. The first-order valence-corrected chi connectivity index (χ1v) is 6.26. The summed E-state index contributed by atoms with van der Waals surface area (Å²) in [5.74, 6) is 0.954. The Bertz CT molecular complexity index is 462. The molecule has 0 aliphatic heterocycles. The van der Waals surface area contributed by atoms with Gasteiger partial charge in [-0.2, -0.15) is 0 Å². The molecular weight excluding hydrogens is 264 g/mol. The Morgan fingerprint density at radius 2 is 1.75 bits per heavy atom. The summed E-state index contributed by atoms with van der Waals surface area (Å²) in [6, 6.07) is 8.33. The van der Waals surface area contributed by atoms with Gasteiger partial charge in [0.05, 0.1) is 11.1 Å². The maximum atomic E-state index is 5.44. The summed E-state index contributed by atoms with van der Waals surface area (Å²) in [6.45, 7) is 6.42. The van der Waals surface area contributed by atoms with Gasteiger partial charge in [0.25, 0.3) is 0 Å². The zero-order chi connectivity index (χ0) is 11.7. The van der Waals surface area contributed by atoms with Crippen LogP contribution in [0.1, 0.15) is 32.8 Å². The minimum absolute atomic E-state index is 0.142. The van der Waals surface area contributed by atoms with Gasteiger partial charge in [0.2, 0.25) is 0 Å². The zero-order valence-electron chi connectivity index (χ0n) is 9.75. The van der Waals surface area contributed by atoms with Crippen LogP contribution in [0.5, 0.6) is 0 Å². The maximum Gasteiger partial charge on any atom is 0.121 e. The molecule has 0 spiro atoms. The Hall–Kier alpha value is -1.02. The lowest BCUT2D eigenvalue weighted by Gasteiger charge is -2.15. The van der Waals surface area contributed by atoms with Crippen molar-refractivity contribution in [2.24, 2.45) is 0 Å². The van der Waals surface area contributed by atoms with Gasteiger partial charge in [-0.25, -0.2) is 0 Å². The van der Waals surface area contributed by atoms with Crippen LogP contribution in [0.25, 0.3) is 0 Å². The zero-order valence-corrected chi connectivity index (χ0v) is 11.3. The fourth-order valence-electron chi connectivity index (χ4n) is 2.17. The lowest BCUT2D eigenvalue weighted by molar-refractivity contribution is 0.519. The molecule has 2 aromatic rings. The molecular formula is C14H15BrO. The van der Waals surface area contributed by atoms with E-state index in [9.17, 15) is 0 Å². The van der Waals surface area contributed by atoms with E-state index < -0.39 is 0 Å². The highest BCUT2D eigenvalue weighted by atomic mass is 79.9. The summed E-state index contributed by atoms with van der Waals surface area (Å²) >= 11 is 3.71. The van der Waals surface area contributed by atoms with Crippen LogP contribution in [-0.4, -0.2) is 0 Å². The van der Waals surface area contributed by atoms with Crippen molar-refractivity contribution < 1.29 is 4.42 Å². The van der Waals surface area contributed by atoms with Crippen molar-refractivity contribution in [2.75, 3.05) is 0 Å². The average Bonchev–Trinajstić information content (AvgIpc) is 2.67. The lowest BCUT2D eigenvalue weighted by Crippen LogP contribution is -1.98. The molecule has 1 nitrogen and oxygen atoms in total. The van der Waals surface area contributed by atoms with Gasteiger partial charge >= 0.3 is 0 Å². The summed E-state index contributed by atoms with van der Waals surface area (Å²) in [6.07, 6.45) is 1.71. The van der Waals surface area contributed by atoms with E-state index in [0.29, 0.717) is 0 Å². The molecule has 0 bridgehead atoms.